The van der Waals surface area contributed by atoms with Crippen LogP contribution in [-0.2, 0) is 16.0 Å². The summed E-state index contributed by atoms with van der Waals surface area (Å²) in [7, 11) is 3.00. The van der Waals surface area contributed by atoms with Gasteiger partial charge in [0, 0.05) is 18.8 Å². The molecule has 2 aromatic carbocycles. The lowest BCUT2D eigenvalue weighted by Gasteiger charge is -2.32. The molecule has 0 aliphatic carbocycles. The van der Waals surface area contributed by atoms with E-state index < -0.39 is 23.8 Å². The molecular weight excluding hydrogens is 534 g/mol. The van der Waals surface area contributed by atoms with Crippen molar-refractivity contribution in [3.63, 3.8) is 0 Å². The van der Waals surface area contributed by atoms with Crippen molar-refractivity contribution in [2.75, 3.05) is 38.0 Å². The van der Waals surface area contributed by atoms with Gasteiger partial charge in [-0.1, -0.05) is 25.1 Å². The fourth-order valence-electron chi connectivity index (χ4n) is 4.57. The molecule has 0 saturated carbocycles. The second-order valence-electron chi connectivity index (χ2n) is 9.23. The molecule has 12 heteroatoms. The highest BCUT2D eigenvalue weighted by atomic mass is 32.1. The van der Waals surface area contributed by atoms with Gasteiger partial charge in [0.05, 0.1) is 26.0 Å². The summed E-state index contributed by atoms with van der Waals surface area (Å²) in [6.45, 7) is 2.95. The van der Waals surface area contributed by atoms with Crippen LogP contribution in [0.1, 0.15) is 57.1 Å². The fourth-order valence-corrected chi connectivity index (χ4v) is 5.31. The standard InChI is InChI=1S/C28H33N5O6S/c1-4-16-7-10-18(11-8-16)33(28(36)25-22(29)23(26(30)34)32-40-25)24(27(35)31-15-19-6-5-13-39-19)17-9-12-20(37-2)21(14-17)38-3/h7-12,14,19,24H,4-6,13,15,29H2,1-3H3,(H2,30,34)(H,31,35)/t19-,24+/m1/s1. The number of hydrogen-bond donors (Lipinski definition) is 3. The third kappa shape index (κ3) is 6.02. The van der Waals surface area contributed by atoms with E-state index in [1.54, 1.807) is 30.3 Å². The molecular formula is C28H33N5O6S. The van der Waals surface area contributed by atoms with E-state index in [1.807, 2.05) is 19.1 Å². The Hall–Kier alpha value is -4.16. The van der Waals surface area contributed by atoms with Crippen LogP contribution in [0.25, 0.3) is 0 Å². The average Bonchev–Trinajstić information content (AvgIpc) is 3.63. The van der Waals surface area contributed by atoms with Crippen LogP contribution in [0, 0.1) is 0 Å². The van der Waals surface area contributed by atoms with Gasteiger partial charge < -0.3 is 31.0 Å². The number of ether oxygens (including phenoxy) is 3. The van der Waals surface area contributed by atoms with Gasteiger partial charge in [-0.05, 0) is 66.2 Å². The number of aryl methyl sites for hydroxylation is 1. The molecule has 4 rings (SSSR count). The fraction of sp³-hybridized carbons (Fsp3) is 0.357. The third-order valence-corrected chi connectivity index (χ3v) is 7.61. The number of nitrogens with two attached hydrogens (primary N) is 2. The Morgan fingerprint density at radius 2 is 1.88 bits per heavy atom. The molecule has 1 aliphatic heterocycles. The molecule has 3 aromatic rings. The number of nitrogen functional groups attached to an aromatic ring is 1. The SMILES string of the molecule is CCc1ccc(N(C(=O)c2snc(C(N)=O)c2N)[C@H](C(=O)NC[C@H]2CCCO2)c2ccc(OC)c(OC)c2)cc1. The molecule has 11 nitrogen and oxygen atoms in total. The number of amides is 3. The zero-order valence-electron chi connectivity index (χ0n) is 22.6. The van der Waals surface area contributed by atoms with Crippen molar-refractivity contribution in [2.24, 2.45) is 5.73 Å². The summed E-state index contributed by atoms with van der Waals surface area (Å²) < 4.78 is 20.6. The van der Waals surface area contributed by atoms with E-state index in [4.69, 9.17) is 25.7 Å². The molecule has 5 N–H and O–H groups in total. The number of aromatic nitrogens is 1. The predicted octanol–water partition coefficient (Wildman–Crippen LogP) is 3.09. The molecule has 0 spiro atoms. The van der Waals surface area contributed by atoms with Crippen LogP contribution >= 0.6 is 11.5 Å². The van der Waals surface area contributed by atoms with Crippen LogP contribution in [0.5, 0.6) is 11.5 Å². The van der Waals surface area contributed by atoms with Crippen molar-refractivity contribution in [1.29, 1.82) is 0 Å². The highest BCUT2D eigenvalue weighted by Crippen LogP contribution is 2.37. The second-order valence-corrected chi connectivity index (χ2v) is 10.0. The first-order valence-corrected chi connectivity index (χ1v) is 13.6. The van der Waals surface area contributed by atoms with Gasteiger partial charge in [-0.3, -0.25) is 19.3 Å². The minimum absolute atomic E-state index is 0.00855. The molecule has 1 saturated heterocycles. The van der Waals surface area contributed by atoms with Crippen LogP contribution in [0.4, 0.5) is 11.4 Å². The Morgan fingerprint density at radius 3 is 2.45 bits per heavy atom. The second kappa shape index (κ2) is 12.8. The highest BCUT2D eigenvalue weighted by molar-refractivity contribution is 7.09. The monoisotopic (exact) mass is 567 g/mol. The first-order chi connectivity index (χ1) is 19.3. The number of primary amides is 1. The number of anilines is 2. The van der Waals surface area contributed by atoms with E-state index in [-0.39, 0.29) is 28.9 Å². The summed E-state index contributed by atoms with van der Waals surface area (Å²) in [6, 6.07) is 11.2. The quantitative estimate of drug-likeness (QED) is 0.319. The number of methoxy groups -OCH3 is 2. The summed E-state index contributed by atoms with van der Waals surface area (Å²) in [5.41, 5.74) is 13.2. The largest absolute Gasteiger partial charge is 0.493 e. The number of carbonyl (C=O) groups is 3. The van der Waals surface area contributed by atoms with Gasteiger partial charge in [0.25, 0.3) is 11.8 Å². The van der Waals surface area contributed by atoms with Gasteiger partial charge in [-0.15, -0.1) is 0 Å². The van der Waals surface area contributed by atoms with Crippen molar-refractivity contribution in [2.45, 2.75) is 38.3 Å². The zero-order valence-corrected chi connectivity index (χ0v) is 23.5. The lowest BCUT2D eigenvalue weighted by atomic mass is 10.0. The molecule has 1 fully saturated rings. The number of hydrogen-bond acceptors (Lipinski definition) is 9. The molecule has 0 bridgehead atoms. The van der Waals surface area contributed by atoms with Gasteiger partial charge in [0.2, 0.25) is 5.91 Å². The normalized spacial score (nSPS) is 15.3. The predicted molar refractivity (Wildman–Crippen MR) is 152 cm³/mol. The molecule has 2 atom stereocenters. The van der Waals surface area contributed by atoms with Gasteiger partial charge in [0.15, 0.2) is 17.2 Å². The summed E-state index contributed by atoms with van der Waals surface area (Å²) in [5, 5.41) is 2.96. The Kier molecular flexibility index (Phi) is 9.22. The number of carbonyl (C=O) groups excluding carboxylic acids is 3. The van der Waals surface area contributed by atoms with E-state index in [1.165, 1.54) is 19.1 Å². The first kappa shape index (κ1) is 28.8. The van der Waals surface area contributed by atoms with Gasteiger partial charge in [-0.2, -0.15) is 4.37 Å². The molecule has 3 amide bonds. The van der Waals surface area contributed by atoms with Crippen molar-refractivity contribution >= 4 is 40.6 Å². The molecule has 0 radical (unpaired) electrons. The van der Waals surface area contributed by atoms with Crippen LogP contribution in [0.15, 0.2) is 42.5 Å². The van der Waals surface area contributed by atoms with Crippen LogP contribution in [0.2, 0.25) is 0 Å². The van der Waals surface area contributed by atoms with Gasteiger partial charge in [0.1, 0.15) is 10.9 Å². The summed E-state index contributed by atoms with van der Waals surface area (Å²) in [6.07, 6.45) is 2.42. The Bertz CT molecular complexity index is 1370. The van der Waals surface area contributed by atoms with E-state index in [0.29, 0.717) is 29.4 Å². The van der Waals surface area contributed by atoms with Crippen molar-refractivity contribution in [1.82, 2.24) is 9.69 Å². The first-order valence-electron chi connectivity index (χ1n) is 12.9. The Labute approximate surface area is 236 Å². The van der Waals surface area contributed by atoms with E-state index in [9.17, 15) is 14.4 Å². The summed E-state index contributed by atoms with van der Waals surface area (Å²) in [5.74, 6) is -1.04. The number of rotatable bonds is 11. The van der Waals surface area contributed by atoms with Crippen LogP contribution in [0.3, 0.4) is 0 Å². The molecule has 1 aromatic heterocycles. The lowest BCUT2D eigenvalue weighted by molar-refractivity contribution is -0.123. The van der Waals surface area contributed by atoms with Crippen LogP contribution in [-0.4, -0.2) is 55.6 Å². The maximum Gasteiger partial charge on any atom is 0.273 e. The maximum atomic E-state index is 14.2. The smallest absolute Gasteiger partial charge is 0.273 e. The topological polar surface area (TPSA) is 159 Å². The van der Waals surface area contributed by atoms with Gasteiger partial charge in [-0.25, -0.2) is 0 Å². The van der Waals surface area contributed by atoms with Crippen molar-refractivity contribution in [3.8, 4) is 11.5 Å². The highest BCUT2D eigenvalue weighted by Gasteiger charge is 2.37. The molecule has 1 aliphatic rings. The molecule has 0 unspecified atom stereocenters. The summed E-state index contributed by atoms with van der Waals surface area (Å²) in [4.78, 5) is 41.4. The third-order valence-electron chi connectivity index (χ3n) is 6.75. The Morgan fingerprint density at radius 1 is 1.15 bits per heavy atom. The molecule has 212 valence electrons. The molecule has 2 heterocycles. The van der Waals surface area contributed by atoms with E-state index in [0.717, 1.165) is 36.4 Å². The van der Waals surface area contributed by atoms with E-state index >= 15 is 0 Å². The average molecular weight is 568 g/mol. The molecule has 40 heavy (non-hydrogen) atoms. The number of benzene rings is 2. The number of nitrogens with one attached hydrogen (secondary N) is 1. The maximum absolute atomic E-state index is 14.2. The minimum Gasteiger partial charge on any atom is -0.493 e. The van der Waals surface area contributed by atoms with Gasteiger partial charge >= 0.3 is 0 Å². The minimum atomic E-state index is -1.15. The van der Waals surface area contributed by atoms with Crippen molar-refractivity contribution < 1.29 is 28.6 Å². The van der Waals surface area contributed by atoms with Crippen LogP contribution < -0.4 is 31.2 Å². The van der Waals surface area contributed by atoms with E-state index in [2.05, 4.69) is 9.69 Å². The lowest BCUT2D eigenvalue weighted by Crippen LogP contribution is -2.45. The summed E-state index contributed by atoms with van der Waals surface area (Å²) >= 11 is 0.752. The van der Waals surface area contributed by atoms with Crippen molar-refractivity contribution in [3.05, 3.63) is 64.2 Å². The number of nitrogens with zero attached hydrogens (tertiary/aromatic N) is 2. The Balaban J connectivity index is 1.85. The zero-order chi connectivity index (χ0) is 28.8.